The molecule has 0 radical (unpaired) electrons. The monoisotopic (exact) mass is 309 g/mol. The summed E-state index contributed by atoms with van der Waals surface area (Å²) in [5, 5.41) is 0. The smallest absolute Gasteiger partial charge is 0.241 e. The minimum absolute atomic E-state index is 0.0219. The van der Waals surface area contributed by atoms with E-state index < -0.39 is 10.0 Å². The first-order valence-electron chi connectivity index (χ1n) is 7.60. The van der Waals surface area contributed by atoms with Crippen molar-refractivity contribution in [2.24, 2.45) is 0 Å². The lowest BCUT2D eigenvalue weighted by molar-refractivity contribution is 0.0988. The lowest BCUT2D eigenvalue weighted by Gasteiger charge is -2.23. The molecular weight excluding hydrogens is 286 g/mol. The standard InChI is InChI=1S/C16H23NO3S/c1-3-15(18)13-10-9-12(2)16(11-13)21(19,20)17-14-7-5-4-6-8-14/h9-11,14,17H,3-8H2,1-2H3. The molecule has 0 unspecified atom stereocenters. The normalized spacial score (nSPS) is 16.9. The van der Waals surface area contributed by atoms with Crippen molar-refractivity contribution in [1.29, 1.82) is 0 Å². The molecule has 0 bridgehead atoms. The van der Waals surface area contributed by atoms with Crippen molar-refractivity contribution in [3.05, 3.63) is 29.3 Å². The van der Waals surface area contributed by atoms with Crippen LogP contribution in [0.2, 0.25) is 0 Å². The highest BCUT2D eigenvalue weighted by atomic mass is 32.2. The number of ketones is 1. The van der Waals surface area contributed by atoms with Crippen LogP contribution in [0.25, 0.3) is 0 Å². The van der Waals surface area contributed by atoms with Gasteiger partial charge in [0.1, 0.15) is 0 Å². The Balaban J connectivity index is 2.27. The molecule has 0 atom stereocenters. The zero-order valence-corrected chi connectivity index (χ0v) is 13.5. The second-order valence-electron chi connectivity index (χ2n) is 5.71. The van der Waals surface area contributed by atoms with Crippen LogP contribution in [0, 0.1) is 6.92 Å². The number of aryl methyl sites for hydroxylation is 1. The number of sulfonamides is 1. The molecule has 1 N–H and O–H groups in total. The molecule has 0 aromatic heterocycles. The Bertz CT molecular complexity index is 616. The van der Waals surface area contributed by atoms with Gasteiger partial charge in [-0.15, -0.1) is 0 Å². The molecule has 0 saturated heterocycles. The summed E-state index contributed by atoms with van der Waals surface area (Å²) in [6.45, 7) is 3.53. The summed E-state index contributed by atoms with van der Waals surface area (Å²) in [6, 6.07) is 4.93. The molecule has 116 valence electrons. The Morgan fingerprint density at radius 1 is 1.24 bits per heavy atom. The molecule has 0 aliphatic heterocycles. The Morgan fingerprint density at radius 3 is 2.52 bits per heavy atom. The van der Waals surface area contributed by atoms with Gasteiger partial charge in [-0.2, -0.15) is 0 Å². The maximum absolute atomic E-state index is 12.6. The van der Waals surface area contributed by atoms with Crippen LogP contribution in [-0.4, -0.2) is 20.2 Å². The lowest BCUT2D eigenvalue weighted by Crippen LogP contribution is -2.36. The molecule has 5 heteroatoms. The Morgan fingerprint density at radius 2 is 1.90 bits per heavy atom. The van der Waals surface area contributed by atoms with E-state index in [-0.39, 0.29) is 16.7 Å². The molecule has 1 aliphatic rings. The van der Waals surface area contributed by atoms with Gasteiger partial charge in [0, 0.05) is 18.0 Å². The highest BCUT2D eigenvalue weighted by molar-refractivity contribution is 7.89. The van der Waals surface area contributed by atoms with Crippen LogP contribution in [0.5, 0.6) is 0 Å². The van der Waals surface area contributed by atoms with E-state index in [9.17, 15) is 13.2 Å². The molecule has 1 aromatic rings. The van der Waals surface area contributed by atoms with Crippen molar-refractivity contribution in [3.8, 4) is 0 Å². The average Bonchev–Trinajstić information content (AvgIpc) is 2.47. The van der Waals surface area contributed by atoms with E-state index in [1.807, 2.05) is 0 Å². The highest BCUT2D eigenvalue weighted by Crippen LogP contribution is 2.22. The fourth-order valence-corrected chi connectivity index (χ4v) is 4.35. The summed E-state index contributed by atoms with van der Waals surface area (Å²) in [7, 11) is -3.56. The van der Waals surface area contributed by atoms with E-state index in [1.165, 1.54) is 12.5 Å². The van der Waals surface area contributed by atoms with Crippen LogP contribution < -0.4 is 4.72 Å². The predicted octanol–water partition coefficient (Wildman–Crippen LogP) is 3.20. The van der Waals surface area contributed by atoms with Crippen LogP contribution in [0.3, 0.4) is 0 Å². The zero-order valence-electron chi connectivity index (χ0n) is 12.7. The zero-order chi connectivity index (χ0) is 15.5. The topological polar surface area (TPSA) is 63.2 Å². The van der Waals surface area contributed by atoms with E-state index in [0.29, 0.717) is 17.5 Å². The number of hydrogen-bond acceptors (Lipinski definition) is 3. The third-order valence-corrected chi connectivity index (χ3v) is 5.71. The van der Waals surface area contributed by atoms with E-state index >= 15 is 0 Å². The number of nitrogens with one attached hydrogen (secondary N) is 1. The van der Waals surface area contributed by atoms with E-state index in [4.69, 9.17) is 0 Å². The quantitative estimate of drug-likeness (QED) is 0.850. The maximum Gasteiger partial charge on any atom is 0.241 e. The van der Waals surface area contributed by atoms with Crippen LogP contribution in [0.1, 0.15) is 61.4 Å². The minimum atomic E-state index is -3.56. The fraction of sp³-hybridized carbons (Fsp3) is 0.562. The summed E-state index contributed by atoms with van der Waals surface area (Å²) in [5.74, 6) is -0.0379. The van der Waals surface area contributed by atoms with E-state index in [2.05, 4.69) is 4.72 Å². The molecule has 1 saturated carbocycles. The van der Waals surface area contributed by atoms with Gasteiger partial charge < -0.3 is 0 Å². The molecule has 0 spiro atoms. The molecule has 0 heterocycles. The molecule has 4 nitrogen and oxygen atoms in total. The third kappa shape index (κ3) is 3.92. The molecule has 21 heavy (non-hydrogen) atoms. The van der Waals surface area contributed by atoms with Crippen LogP contribution in [0.4, 0.5) is 0 Å². The van der Waals surface area contributed by atoms with Gasteiger partial charge in [-0.25, -0.2) is 13.1 Å². The predicted molar refractivity (Wildman–Crippen MR) is 83.0 cm³/mol. The van der Waals surface area contributed by atoms with Gasteiger partial charge in [-0.05, 0) is 31.4 Å². The SMILES string of the molecule is CCC(=O)c1ccc(C)c(S(=O)(=O)NC2CCCCC2)c1. The van der Waals surface area contributed by atoms with Crippen LogP contribution in [0.15, 0.2) is 23.1 Å². The van der Waals surface area contributed by atoms with E-state index in [0.717, 1.165) is 25.7 Å². The summed E-state index contributed by atoms with van der Waals surface area (Å²) >= 11 is 0. The van der Waals surface area contributed by atoms with Crippen molar-refractivity contribution >= 4 is 15.8 Å². The number of benzene rings is 1. The third-order valence-electron chi connectivity index (χ3n) is 4.05. The van der Waals surface area contributed by atoms with Crippen molar-refractivity contribution in [3.63, 3.8) is 0 Å². The lowest BCUT2D eigenvalue weighted by atomic mass is 9.96. The van der Waals surface area contributed by atoms with Crippen LogP contribution >= 0.6 is 0 Å². The number of Topliss-reactive ketones (excluding diaryl/α,β-unsaturated/α-hetero) is 1. The molecule has 1 fully saturated rings. The highest BCUT2D eigenvalue weighted by Gasteiger charge is 2.24. The van der Waals surface area contributed by atoms with Crippen molar-refractivity contribution < 1.29 is 13.2 Å². The summed E-state index contributed by atoms with van der Waals surface area (Å²) < 4.78 is 27.9. The number of rotatable bonds is 5. The first kappa shape index (κ1) is 16.2. The van der Waals surface area contributed by atoms with E-state index in [1.54, 1.807) is 26.0 Å². The second-order valence-corrected chi connectivity index (χ2v) is 7.40. The van der Waals surface area contributed by atoms with Crippen LogP contribution in [-0.2, 0) is 10.0 Å². The van der Waals surface area contributed by atoms with Crippen molar-refractivity contribution in [1.82, 2.24) is 4.72 Å². The van der Waals surface area contributed by atoms with Gasteiger partial charge in [0.2, 0.25) is 10.0 Å². The average molecular weight is 309 g/mol. The molecular formula is C16H23NO3S. The largest absolute Gasteiger partial charge is 0.294 e. The number of carbonyl (C=O) groups excluding carboxylic acids is 1. The van der Waals surface area contributed by atoms with Crippen molar-refractivity contribution in [2.75, 3.05) is 0 Å². The van der Waals surface area contributed by atoms with Gasteiger partial charge in [-0.1, -0.05) is 38.3 Å². The van der Waals surface area contributed by atoms with Gasteiger partial charge in [-0.3, -0.25) is 4.79 Å². The van der Waals surface area contributed by atoms with Crippen molar-refractivity contribution in [2.45, 2.75) is 63.3 Å². The maximum atomic E-state index is 12.6. The minimum Gasteiger partial charge on any atom is -0.294 e. The number of carbonyl (C=O) groups is 1. The van der Waals surface area contributed by atoms with Gasteiger partial charge in [0.05, 0.1) is 4.90 Å². The van der Waals surface area contributed by atoms with Gasteiger partial charge >= 0.3 is 0 Å². The van der Waals surface area contributed by atoms with Gasteiger partial charge in [0.25, 0.3) is 0 Å². The summed E-state index contributed by atoms with van der Waals surface area (Å²) in [4.78, 5) is 12.0. The van der Waals surface area contributed by atoms with Gasteiger partial charge in [0.15, 0.2) is 5.78 Å². The Kier molecular flexibility index (Phi) is 5.17. The molecule has 1 aliphatic carbocycles. The summed E-state index contributed by atoms with van der Waals surface area (Å²) in [5.41, 5.74) is 1.14. The first-order chi connectivity index (χ1) is 9.94. The number of hydrogen-bond donors (Lipinski definition) is 1. The molecule has 1 aromatic carbocycles. The Hall–Kier alpha value is -1.20. The summed E-state index contributed by atoms with van der Waals surface area (Å²) in [6.07, 6.45) is 5.48. The molecule has 2 rings (SSSR count). The molecule has 0 amide bonds. The second kappa shape index (κ2) is 6.71. The fourth-order valence-electron chi connectivity index (χ4n) is 2.77. The Labute approximate surface area is 127 Å². The first-order valence-corrected chi connectivity index (χ1v) is 9.08.